The Morgan fingerprint density at radius 3 is 1.91 bits per heavy atom. The summed E-state index contributed by atoms with van der Waals surface area (Å²) >= 11 is 0. The van der Waals surface area contributed by atoms with Crippen LogP contribution in [0.3, 0.4) is 0 Å². The molecule has 0 spiro atoms. The van der Waals surface area contributed by atoms with Gasteiger partial charge in [-0.2, -0.15) is 0 Å². The van der Waals surface area contributed by atoms with Gasteiger partial charge in [-0.25, -0.2) is 4.79 Å². The van der Waals surface area contributed by atoms with E-state index in [1.807, 2.05) is 0 Å². The number of nitrogens with zero attached hydrogens (tertiary/aromatic N) is 2. The van der Waals surface area contributed by atoms with E-state index in [1.54, 1.807) is 13.8 Å². The molecule has 124 valence electrons. The monoisotopic (exact) mass is 325 g/mol. The number of hydrogen-bond acceptors (Lipinski definition) is 7. The average molecular weight is 325 g/mol. The minimum Gasteiger partial charge on any atom is -0.467 e. The standard InChI is InChI=1S/C13H15N3O7/c1-7(2)11(13(18)23-3)14-12(17)8-4-9(15(19)20)6-10(5-8)16(21)22/h4-7,11H,1-3H3,(H,14,17)/t11-/m1/s1. The first-order valence-electron chi connectivity index (χ1n) is 6.50. The molecule has 0 saturated carbocycles. The third-order valence-corrected chi connectivity index (χ3v) is 2.99. The molecule has 0 radical (unpaired) electrons. The topological polar surface area (TPSA) is 142 Å². The molecule has 23 heavy (non-hydrogen) atoms. The first kappa shape index (κ1) is 18.0. The average Bonchev–Trinajstić information content (AvgIpc) is 2.50. The number of ether oxygens (including phenoxy) is 1. The predicted molar refractivity (Wildman–Crippen MR) is 77.9 cm³/mol. The van der Waals surface area contributed by atoms with Crippen LogP contribution >= 0.6 is 0 Å². The molecule has 1 aromatic rings. The molecule has 1 amide bonds. The Kier molecular flexibility index (Phi) is 5.71. The van der Waals surface area contributed by atoms with Gasteiger partial charge in [-0.3, -0.25) is 25.0 Å². The summed E-state index contributed by atoms with van der Waals surface area (Å²) in [5.74, 6) is -1.84. The molecule has 1 rings (SSSR count). The van der Waals surface area contributed by atoms with Crippen molar-refractivity contribution >= 4 is 23.3 Å². The molecule has 0 saturated heterocycles. The quantitative estimate of drug-likeness (QED) is 0.473. The van der Waals surface area contributed by atoms with E-state index in [1.165, 1.54) is 0 Å². The summed E-state index contributed by atoms with van der Waals surface area (Å²) in [4.78, 5) is 43.7. The van der Waals surface area contributed by atoms with Gasteiger partial charge < -0.3 is 10.1 Å². The van der Waals surface area contributed by atoms with Gasteiger partial charge in [0.25, 0.3) is 17.3 Å². The smallest absolute Gasteiger partial charge is 0.328 e. The molecule has 0 heterocycles. The van der Waals surface area contributed by atoms with Gasteiger partial charge in [-0.05, 0) is 5.92 Å². The lowest BCUT2D eigenvalue weighted by Crippen LogP contribution is -2.45. The van der Waals surface area contributed by atoms with Gasteiger partial charge in [-0.1, -0.05) is 13.8 Å². The number of esters is 1. The van der Waals surface area contributed by atoms with Crippen molar-refractivity contribution in [1.29, 1.82) is 0 Å². The van der Waals surface area contributed by atoms with Crippen LogP contribution in [0.5, 0.6) is 0 Å². The molecule has 1 atom stereocenters. The summed E-state index contributed by atoms with van der Waals surface area (Å²) in [5.41, 5.74) is -1.48. The molecule has 0 aliphatic heterocycles. The molecule has 0 aliphatic carbocycles. The Balaban J connectivity index is 3.18. The zero-order chi connectivity index (χ0) is 17.7. The number of methoxy groups -OCH3 is 1. The first-order chi connectivity index (χ1) is 10.7. The molecule has 1 aromatic carbocycles. The van der Waals surface area contributed by atoms with Crippen LogP contribution in [0.15, 0.2) is 18.2 Å². The van der Waals surface area contributed by atoms with Gasteiger partial charge >= 0.3 is 5.97 Å². The first-order valence-corrected chi connectivity index (χ1v) is 6.50. The fourth-order valence-electron chi connectivity index (χ4n) is 1.79. The van der Waals surface area contributed by atoms with E-state index in [9.17, 15) is 29.8 Å². The van der Waals surface area contributed by atoms with Gasteiger partial charge in [0, 0.05) is 12.1 Å². The van der Waals surface area contributed by atoms with Crippen LogP contribution in [-0.4, -0.2) is 34.9 Å². The summed E-state index contributed by atoms with van der Waals surface area (Å²) < 4.78 is 4.56. The van der Waals surface area contributed by atoms with Crippen LogP contribution in [-0.2, 0) is 9.53 Å². The molecule has 0 bridgehead atoms. The lowest BCUT2D eigenvalue weighted by Gasteiger charge is -2.19. The molecule has 0 aliphatic rings. The van der Waals surface area contributed by atoms with Crippen molar-refractivity contribution in [1.82, 2.24) is 5.32 Å². The van der Waals surface area contributed by atoms with Crippen molar-refractivity contribution < 1.29 is 24.2 Å². The van der Waals surface area contributed by atoms with Crippen molar-refractivity contribution in [2.75, 3.05) is 7.11 Å². The summed E-state index contributed by atoms with van der Waals surface area (Å²) in [7, 11) is 1.15. The molecular weight excluding hydrogens is 310 g/mol. The van der Waals surface area contributed by atoms with Crippen molar-refractivity contribution in [2.45, 2.75) is 19.9 Å². The van der Waals surface area contributed by atoms with E-state index in [0.717, 1.165) is 25.3 Å². The zero-order valence-electron chi connectivity index (χ0n) is 12.6. The van der Waals surface area contributed by atoms with E-state index in [2.05, 4.69) is 10.1 Å². The predicted octanol–water partition coefficient (Wildman–Crippen LogP) is 1.43. The molecule has 0 aromatic heterocycles. The van der Waals surface area contributed by atoms with Crippen LogP contribution in [0.4, 0.5) is 11.4 Å². The van der Waals surface area contributed by atoms with Gasteiger partial charge in [0.1, 0.15) is 6.04 Å². The maximum Gasteiger partial charge on any atom is 0.328 e. The summed E-state index contributed by atoms with van der Waals surface area (Å²) in [6.45, 7) is 3.33. The number of amides is 1. The number of rotatable bonds is 6. The Hall–Kier alpha value is -3.04. The fourth-order valence-corrected chi connectivity index (χ4v) is 1.79. The molecule has 10 heteroatoms. The van der Waals surface area contributed by atoms with Crippen LogP contribution in [0.1, 0.15) is 24.2 Å². The second-order valence-corrected chi connectivity index (χ2v) is 4.97. The maximum atomic E-state index is 12.2. The SMILES string of the molecule is COC(=O)[C@H](NC(=O)c1cc([N+](=O)[O-])cc([N+](=O)[O-])c1)C(C)C. The number of nitro benzene ring substituents is 2. The Morgan fingerprint density at radius 1 is 1.09 bits per heavy atom. The lowest BCUT2D eigenvalue weighted by molar-refractivity contribution is -0.394. The zero-order valence-corrected chi connectivity index (χ0v) is 12.6. The van der Waals surface area contributed by atoms with E-state index in [4.69, 9.17) is 0 Å². The van der Waals surface area contributed by atoms with Gasteiger partial charge in [0.2, 0.25) is 0 Å². The van der Waals surface area contributed by atoms with E-state index < -0.39 is 39.1 Å². The minimum absolute atomic E-state index is 0.291. The number of non-ortho nitro benzene ring substituents is 2. The number of benzene rings is 1. The normalized spacial score (nSPS) is 11.7. The highest BCUT2D eigenvalue weighted by Gasteiger charge is 2.27. The molecular formula is C13H15N3O7. The highest BCUT2D eigenvalue weighted by atomic mass is 16.6. The van der Waals surface area contributed by atoms with Gasteiger partial charge in [-0.15, -0.1) is 0 Å². The second kappa shape index (κ2) is 7.29. The largest absolute Gasteiger partial charge is 0.467 e. The number of carbonyl (C=O) groups excluding carboxylic acids is 2. The van der Waals surface area contributed by atoms with Crippen LogP contribution < -0.4 is 5.32 Å². The van der Waals surface area contributed by atoms with Gasteiger partial charge in [0.05, 0.1) is 28.6 Å². The number of carbonyl (C=O) groups is 2. The summed E-state index contributed by atoms with van der Waals surface area (Å²) in [5, 5.41) is 24.0. The van der Waals surface area contributed by atoms with Crippen LogP contribution in [0, 0.1) is 26.1 Å². The Bertz CT molecular complexity index is 625. The fraction of sp³-hybridized carbons (Fsp3) is 0.385. The highest BCUT2D eigenvalue weighted by Crippen LogP contribution is 2.23. The minimum atomic E-state index is -0.981. The number of nitrogens with one attached hydrogen (secondary N) is 1. The third-order valence-electron chi connectivity index (χ3n) is 2.99. The number of nitro groups is 2. The third kappa shape index (κ3) is 4.46. The molecule has 1 N–H and O–H groups in total. The van der Waals surface area contributed by atoms with Crippen molar-refractivity contribution in [2.24, 2.45) is 5.92 Å². The second-order valence-electron chi connectivity index (χ2n) is 4.97. The van der Waals surface area contributed by atoms with E-state index in [0.29, 0.717) is 0 Å². The Morgan fingerprint density at radius 2 is 1.57 bits per heavy atom. The van der Waals surface area contributed by atoms with Crippen LogP contribution in [0.2, 0.25) is 0 Å². The van der Waals surface area contributed by atoms with Crippen molar-refractivity contribution in [3.63, 3.8) is 0 Å². The Labute approximate surface area is 130 Å². The number of hydrogen-bond donors (Lipinski definition) is 1. The van der Waals surface area contributed by atoms with Crippen LogP contribution in [0.25, 0.3) is 0 Å². The highest BCUT2D eigenvalue weighted by molar-refractivity contribution is 5.98. The lowest BCUT2D eigenvalue weighted by atomic mass is 10.0. The molecule has 0 unspecified atom stereocenters. The molecule has 0 fully saturated rings. The summed E-state index contributed by atoms with van der Waals surface area (Å²) in [6, 6.07) is 1.57. The van der Waals surface area contributed by atoms with Gasteiger partial charge in [0.15, 0.2) is 0 Å². The summed E-state index contributed by atoms with van der Waals surface area (Å²) in [6.07, 6.45) is 0. The maximum absolute atomic E-state index is 12.2. The van der Waals surface area contributed by atoms with E-state index in [-0.39, 0.29) is 11.5 Å². The van der Waals surface area contributed by atoms with Crippen molar-refractivity contribution in [3.8, 4) is 0 Å². The van der Waals surface area contributed by atoms with Crippen molar-refractivity contribution in [3.05, 3.63) is 44.0 Å². The molecule has 10 nitrogen and oxygen atoms in total. The van der Waals surface area contributed by atoms with E-state index >= 15 is 0 Å².